The zero-order valence-corrected chi connectivity index (χ0v) is 13.1. The van der Waals surface area contributed by atoms with Crippen molar-refractivity contribution < 1.29 is 14.7 Å². The number of aliphatic carboxylic acids is 1. The van der Waals surface area contributed by atoms with E-state index >= 15 is 0 Å². The van der Waals surface area contributed by atoms with Crippen molar-refractivity contribution >= 4 is 11.9 Å². The number of nitrogens with zero attached hydrogens (tertiary/aromatic N) is 1. The van der Waals surface area contributed by atoms with E-state index in [1.165, 1.54) is 0 Å². The molecule has 0 bridgehead atoms. The number of hydrogen-bond acceptors (Lipinski definition) is 2. The molecule has 1 N–H and O–H groups in total. The van der Waals surface area contributed by atoms with Crippen molar-refractivity contribution in [3.8, 4) is 0 Å². The molecule has 1 amide bonds. The van der Waals surface area contributed by atoms with Crippen LogP contribution < -0.4 is 0 Å². The molecule has 114 valence electrons. The number of rotatable bonds is 3. The fourth-order valence-corrected chi connectivity index (χ4v) is 3.60. The zero-order valence-electron chi connectivity index (χ0n) is 13.1. The highest BCUT2D eigenvalue weighted by molar-refractivity contribution is 5.82. The largest absolute Gasteiger partial charge is 0.481 e. The first kappa shape index (κ1) is 15.5. The summed E-state index contributed by atoms with van der Waals surface area (Å²) in [5, 5.41) is 9.57. The van der Waals surface area contributed by atoms with Crippen LogP contribution in [0.3, 0.4) is 0 Å². The number of likely N-dealkylation sites (tertiary alicyclic amines) is 1. The van der Waals surface area contributed by atoms with Gasteiger partial charge < -0.3 is 10.0 Å². The molecule has 0 aromatic heterocycles. The molecule has 0 saturated carbocycles. The first-order valence-electron chi connectivity index (χ1n) is 7.46. The predicted octanol–water partition coefficient (Wildman–Crippen LogP) is 3.00. The van der Waals surface area contributed by atoms with Crippen LogP contribution in [0.1, 0.15) is 48.1 Å². The van der Waals surface area contributed by atoms with Crippen molar-refractivity contribution in [2.45, 2.75) is 46.6 Å². The van der Waals surface area contributed by atoms with Gasteiger partial charge in [-0.3, -0.25) is 9.59 Å². The number of hydrogen-bond donors (Lipinski definition) is 1. The predicted molar refractivity (Wildman–Crippen MR) is 81.1 cm³/mol. The minimum absolute atomic E-state index is 0.0550. The highest BCUT2D eigenvalue weighted by Crippen LogP contribution is 2.39. The van der Waals surface area contributed by atoms with Gasteiger partial charge in [0.1, 0.15) is 0 Å². The molecule has 4 nitrogen and oxygen atoms in total. The van der Waals surface area contributed by atoms with Gasteiger partial charge in [0.25, 0.3) is 0 Å². The summed E-state index contributed by atoms with van der Waals surface area (Å²) < 4.78 is 0. The maximum absolute atomic E-state index is 12.2. The van der Waals surface area contributed by atoms with Gasteiger partial charge >= 0.3 is 5.97 Å². The number of carboxylic acid groups (broad SMARTS) is 1. The van der Waals surface area contributed by atoms with E-state index in [4.69, 9.17) is 0 Å². The normalized spacial score (nSPS) is 22.5. The first-order valence-corrected chi connectivity index (χ1v) is 7.46. The van der Waals surface area contributed by atoms with Crippen molar-refractivity contribution in [1.82, 2.24) is 4.90 Å². The number of carbonyl (C=O) groups excluding carboxylic acids is 1. The van der Waals surface area contributed by atoms with E-state index in [-0.39, 0.29) is 11.9 Å². The summed E-state index contributed by atoms with van der Waals surface area (Å²) in [6.45, 7) is 8.48. The number of piperidine rings is 1. The lowest BCUT2D eigenvalue weighted by molar-refractivity contribution is -0.151. The van der Waals surface area contributed by atoms with Gasteiger partial charge in [-0.15, -0.1) is 0 Å². The average Bonchev–Trinajstić information content (AvgIpc) is 2.37. The Morgan fingerprint density at radius 3 is 2.33 bits per heavy atom. The van der Waals surface area contributed by atoms with Gasteiger partial charge in [-0.2, -0.15) is 0 Å². The summed E-state index contributed by atoms with van der Waals surface area (Å²) in [4.78, 5) is 25.6. The van der Waals surface area contributed by atoms with Crippen LogP contribution >= 0.6 is 0 Å². The molecular formula is C17H23NO3. The molecule has 0 radical (unpaired) electrons. The van der Waals surface area contributed by atoms with Gasteiger partial charge in [-0.1, -0.05) is 17.7 Å². The van der Waals surface area contributed by atoms with Crippen LogP contribution in [0.4, 0.5) is 0 Å². The molecule has 1 aromatic rings. The fourth-order valence-electron chi connectivity index (χ4n) is 3.60. The van der Waals surface area contributed by atoms with Crippen LogP contribution in [0.2, 0.25) is 0 Å². The standard InChI is InChI=1S/C17H23NO3/c1-5-18-14(19)7-6-13(17(20)21)16(18)15-11(3)8-10(2)9-12(15)4/h8-9,13,16H,5-7H2,1-4H3,(H,20,21). The van der Waals surface area contributed by atoms with Crippen LogP contribution in [0, 0.1) is 26.7 Å². The highest BCUT2D eigenvalue weighted by Gasteiger charge is 2.41. The maximum atomic E-state index is 12.2. The van der Waals surface area contributed by atoms with Crippen LogP contribution in [-0.2, 0) is 9.59 Å². The van der Waals surface area contributed by atoms with Crippen molar-refractivity contribution in [1.29, 1.82) is 0 Å². The minimum atomic E-state index is -0.815. The molecule has 1 fully saturated rings. The number of carbonyl (C=O) groups is 2. The van der Waals surface area contributed by atoms with Gasteiger partial charge in [0.15, 0.2) is 0 Å². The van der Waals surface area contributed by atoms with Gasteiger partial charge in [0.05, 0.1) is 12.0 Å². The monoisotopic (exact) mass is 289 g/mol. The third-order valence-electron chi connectivity index (χ3n) is 4.40. The summed E-state index contributed by atoms with van der Waals surface area (Å²) in [7, 11) is 0. The molecule has 1 heterocycles. The number of amides is 1. The molecule has 1 aliphatic rings. The lowest BCUT2D eigenvalue weighted by Gasteiger charge is -2.40. The van der Waals surface area contributed by atoms with E-state index in [1.807, 2.05) is 27.7 Å². The summed E-state index contributed by atoms with van der Waals surface area (Å²) >= 11 is 0. The third-order valence-corrected chi connectivity index (χ3v) is 4.40. The summed E-state index contributed by atoms with van der Waals surface area (Å²) in [5.74, 6) is -1.28. The van der Waals surface area contributed by atoms with E-state index in [9.17, 15) is 14.7 Å². The molecule has 4 heteroatoms. The second kappa shape index (κ2) is 5.88. The summed E-state index contributed by atoms with van der Waals surface area (Å²) in [5.41, 5.74) is 4.29. The Morgan fingerprint density at radius 2 is 1.86 bits per heavy atom. The number of aryl methyl sites for hydroxylation is 3. The smallest absolute Gasteiger partial charge is 0.308 e. The quantitative estimate of drug-likeness (QED) is 0.930. The Hall–Kier alpha value is -1.84. The van der Waals surface area contributed by atoms with E-state index in [0.717, 1.165) is 22.3 Å². The Balaban J connectivity index is 2.59. The van der Waals surface area contributed by atoms with Crippen molar-refractivity contribution in [2.75, 3.05) is 6.54 Å². The minimum Gasteiger partial charge on any atom is -0.481 e. The van der Waals surface area contributed by atoms with E-state index in [2.05, 4.69) is 12.1 Å². The Bertz CT molecular complexity index is 554. The van der Waals surface area contributed by atoms with Crippen molar-refractivity contribution in [3.05, 3.63) is 34.4 Å². The molecule has 2 unspecified atom stereocenters. The lowest BCUT2D eigenvalue weighted by Crippen LogP contribution is -2.45. The Morgan fingerprint density at radius 1 is 1.29 bits per heavy atom. The molecule has 1 saturated heterocycles. The number of carboxylic acids is 1. The summed E-state index contributed by atoms with van der Waals surface area (Å²) in [6, 6.07) is 3.77. The summed E-state index contributed by atoms with van der Waals surface area (Å²) in [6.07, 6.45) is 0.743. The molecule has 0 spiro atoms. The van der Waals surface area contributed by atoms with Crippen molar-refractivity contribution in [3.63, 3.8) is 0 Å². The maximum Gasteiger partial charge on any atom is 0.308 e. The molecule has 21 heavy (non-hydrogen) atoms. The highest BCUT2D eigenvalue weighted by atomic mass is 16.4. The zero-order chi connectivity index (χ0) is 15.7. The average molecular weight is 289 g/mol. The second-order valence-corrected chi connectivity index (χ2v) is 5.92. The Kier molecular flexibility index (Phi) is 4.35. The fraction of sp³-hybridized carbons (Fsp3) is 0.529. The van der Waals surface area contributed by atoms with Crippen molar-refractivity contribution in [2.24, 2.45) is 5.92 Å². The molecule has 1 aliphatic heterocycles. The van der Waals surface area contributed by atoms with Gasteiger partial charge in [-0.25, -0.2) is 0 Å². The molecule has 0 aliphatic carbocycles. The first-order chi connectivity index (χ1) is 9.86. The van der Waals surface area contributed by atoms with Crippen LogP contribution in [-0.4, -0.2) is 28.4 Å². The molecular weight excluding hydrogens is 266 g/mol. The molecule has 2 rings (SSSR count). The Labute approximate surface area is 125 Å². The topological polar surface area (TPSA) is 57.6 Å². The lowest BCUT2D eigenvalue weighted by atomic mass is 9.80. The van der Waals surface area contributed by atoms with Gasteiger partial charge in [0.2, 0.25) is 5.91 Å². The molecule has 1 aromatic carbocycles. The SMILES string of the molecule is CCN1C(=O)CCC(C(=O)O)C1c1c(C)cc(C)cc1C. The van der Waals surface area contributed by atoms with Gasteiger partial charge in [-0.05, 0) is 50.8 Å². The molecule has 2 atom stereocenters. The number of benzene rings is 1. The van der Waals surface area contributed by atoms with Crippen LogP contribution in [0.25, 0.3) is 0 Å². The van der Waals surface area contributed by atoms with Crippen LogP contribution in [0.5, 0.6) is 0 Å². The van der Waals surface area contributed by atoms with Gasteiger partial charge in [0, 0.05) is 13.0 Å². The van der Waals surface area contributed by atoms with E-state index in [1.54, 1.807) is 4.90 Å². The van der Waals surface area contributed by atoms with E-state index < -0.39 is 11.9 Å². The third kappa shape index (κ3) is 2.80. The van der Waals surface area contributed by atoms with E-state index in [0.29, 0.717) is 19.4 Å². The van der Waals surface area contributed by atoms with Crippen LogP contribution in [0.15, 0.2) is 12.1 Å². The second-order valence-electron chi connectivity index (χ2n) is 5.92.